The summed E-state index contributed by atoms with van der Waals surface area (Å²) < 4.78 is 5.53. The highest BCUT2D eigenvalue weighted by Gasteiger charge is 2.24. The van der Waals surface area contributed by atoms with Crippen molar-refractivity contribution >= 4 is 11.9 Å². The Kier molecular flexibility index (Phi) is 7.25. The molecule has 7 heteroatoms. The maximum atomic E-state index is 12.2. The first-order chi connectivity index (χ1) is 10.8. The van der Waals surface area contributed by atoms with E-state index >= 15 is 0 Å². The lowest BCUT2D eigenvalue weighted by molar-refractivity contribution is -0.139. The summed E-state index contributed by atoms with van der Waals surface area (Å²) in [5, 5.41) is 20.6. The van der Waals surface area contributed by atoms with Crippen LogP contribution in [0, 0.1) is 5.92 Å². The minimum atomic E-state index is -1.06. The number of hydrogen-bond acceptors (Lipinski definition) is 5. The molecule has 2 unspecified atom stereocenters. The summed E-state index contributed by atoms with van der Waals surface area (Å²) in [6.07, 6.45) is 0.351. The number of aliphatic carboxylic acids is 1. The molecule has 0 spiro atoms. The van der Waals surface area contributed by atoms with Crippen molar-refractivity contribution in [1.82, 2.24) is 10.2 Å². The Morgan fingerprint density at radius 1 is 1.30 bits per heavy atom. The Morgan fingerprint density at radius 3 is 2.48 bits per heavy atom. The number of aliphatic hydroxyl groups excluding tert-OH is 1. The van der Waals surface area contributed by atoms with Gasteiger partial charge in [0.25, 0.3) is 5.91 Å². The molecule has 1 rings (SSSR count). The zero-order chi connectivity index (χ0) is 17.6. The molecule has 1 amide bonds. The molecule has 0 aromatic carbocycles. The number of carboxylic acids is 1. The molecule has 0 aliphatic rings. The molecule has 0 radical (unpaired) electrons. The molecule has 1 aromatic rings. The second-order valence-electron chi connectivity index (χ2n) is 6.08. The van der Waals surface area contributed by atoms with Gasteiger partial charge in [0.05, 0.1) is 12.6 Å². The summed E-state index contributed by atoms with van der Waals surface area (Å²) in [5.74, 6) is -0.784. The van der Waals surface area contributed by atoms with E-state index in [0.717, 1.165) is 0 Å². The van der Waals surface area contributed by atoms with Crippen LogP contribution in [0.25, 0.3) is 0 Å². The molecular formula is C16H26N2O5. The third-order valence-electron chi connectivity index (χ3n) is 3.69. The molecule has 7 nitrogen and oxygen atoms in total. The lowest BCUT2D eigenvalue weighted by Crippen LogP contribution is -2.41. The zero-order valence-electron chi connectivity index (χ0n) is 14.1. The first kappa shape index (κ1) is 19.2. The molecule has 0 aliphatic heterocycles. The van der Waals surface area contributed by atoms with Crippen LogP contribution in [-0.4, -0.2) is 53.2 Å². The number of nitrogens with one attached hydrogen (secondary N) is 1. The highest BCUT2D eigenvalue weighted by molar-refractivity contribution is 5.94. The van der Waals surface area contributed by atoms with Crippen LogP contribution in [0.4, 0.5) is 0 Å². The SMILES string of the molecule is CC(C)CC(NC(=O)c1ccc(C(C)N(C)CCO)o1)C(=O)O. The number of hydrogen-bond donors (Lipinski definition) is 3. The van der Waals surface area contributed by atoms with E-state index in [1.165, 1.54) is 6.07 Å². The summed E-state index contributed by atoms with van der Waals surface area (Å²) in [5.41, 5.74) is 0. The van der Waals surface area contributed by atoms with E-state index in [9.17, 15) is 9.59 Å². The molecule has 0 saturated heterocycles. The summed E-state index contributed by atoms with van der Waals surface area (Å²) >= 11 is 0. The first-order valence-corrected chi connectivity index (χ1v) is 7.70. The van der Waals surface area contributed by atoms with Gasteiger partial charge in [-0.3, -0.25) is 9.69 Å². The van der Waals surface area contributed by atoms with Crippen LogP contribution < -0.4 is 5.32 Å². The van der Waals surface area contributed by atoms with Crippen LogP contribution in [0.15, 0.2) is 16.5 Å². The molecule has 1 aromatic heterocycles. The normalized spacial score (nSPS) is 14.0. The number of amides is 1. The zero-order valence-corrected chi connectivity index (χ0v) is 14.1. The molecule has 1 heterocycles. The van der Waals surface area contributed by atoms with E-state index in [1.807, 2.05) is 32.7 Å². The Bertz CT molecular complexity index is 526. The number of nitrogens with zero attached hydrogens (tertiary/aromatic N) is 1. The highest BCUT2D eigenvalue weighted by atomic mass is 16.4. The number of carboxylic acid groups (broad SMARTS) is 1. The fourth-order valence-electron chi connectivity index (χ4n) is 2.19. The van der Waals surface area contributed by atoms with Gasteiger partial charge >= 0.3 is 5.97 Å². The Hall–Kier alpha value is -1.86. The molecule has 2 atom stereocenters. The van der Waals surface area contributed by atoms with Gasteiger partial charge in [0, 0.05) is 6.54 Å². The van der Waals surface area contributed by atoms with Gasteiger partial charge in [-0.25, -0.2) is 4.79 Å². The van der Waals surface area contributed by atoms with E-state index in [0.29, 0.717) is 18.7 Å². The number of carbonyl (C=O) groups is 2. The maximum Gasteiger partial charge on any atom is 0.326 e. The average Bonchev–Trinajstić information content (AvgIpc) is 2.95. The number of likely N-dealkylation sites (N-methyl/N-ethyl adjacent to an activating group) is 1. The van der Waals surface area contributed by atoms with E-state index in [2.05, 4.69) is 5.32 Å². The van der Waals surface area contributed by atoms with Crippen LogP contribution in [0.3, 0.4) is 0 Å². The summed E-state index contributed by atoms with van der Waals surface area (Å²) in [7, 11) is 1.84. The van der Waals surface area contributed by atoms with Crippen LogP contribution in [-0.2, 0) is 4.79 Å². The van der Waals surface area contributed by atoms with Crippen molar-refractivity contribution in [3.63, 3.8) is 0 Å². The third kappa shape index (κ3) is 5.69. The van der Waals surface area contributed by atoms with Crippen molar-refractivity contribution in [3.05, 3.63) is 23.7 Å². The fraction of sp³-hybridized carbons (Fsp3) is 0.625. The minimum absolute atomic E-state index is 0.0321. The Morgan fingerprint density at radius 2 is 1.96 bits per heavy atom. The van der Waals surface area contributed by atoms with Crippen LogP contribution in [0.2, 0.25) is 0 Å². The largest absolute Gasteiger partial charge is 0.480 e. The summed E-state index contributed by atoms with van der Waals surface area (Å²) in [4.78, 5) is 25.2. The van der Waals surface area contributed by atoms with Crippen LogP contribution >= 0.6 is 0 Å². The van der Waals surface area contributed by atoms with Gasteiger partial charge in [0.1, 0.15) is 11.8 Å². The molecule has 0 saturated carbocycles. The van der Waals surface area contributed by atoms with Crippen molar-refractivity contribution in [3.8, 4) is 0 Å². The maximum absolute atomic E-state index is 12.2. The first-order valence-electron chi connectivity index (χ1n) is 7.70. The molecule has 130 valence electrons. The lowest BCUT2D eigenvalue weighted by Gasteiger charge is -2.21. The smallest absolute Gasteiger partial charge is 0.326 e. The Labute approximate surface area is 136 Å². The van der Waals surface area contributed by atoms with Crippen molar-refractivity contribution in [2.45, 2.75) is 39.3 Å². The molecule has 0 fully saturated rings. The van der Waals surface area contributed by atoms with Crippen molar-refractivity contribution in [1.29, 1.82) is 0 Å². The van der Waals surface area contributed by atoms with Gasteiger partial charge in [0.15, 0.2) is 5.76 Å². The molecular weight excluding hydrogens is 300 g/mol. The number of aliphatic hydroxyl groups is 1. The van der Waals surface area contributed by atoms with E-state index < -0.39 is 17.9 Å². The summed E-state index contributed by atoms with van der Waals surface area (Å²) in [6.45, 7) is 6.20. The number of rotatable bonds is 9. The van der Waals surface area contributed by atoms with Gasteiger partial charge < -0.3 is 19.9 Å². The standard InChI is InChI=1S/C16H26N2O5/c1-10(2)9-12(16(21)22)17-15(20)14-6-5-13(23-14)11(3)18(4)7-8-19/h5-6,10-12,19H,7-9H2,1-4H3,(H,17,20)(H,21,22). The van der Waals surface area contributed by atoms with Gasteiger partial charge in [-0.2, -0.15) is 0 Å². The molecule has 0 bridgehead atoms. The summed E-state index contributed by atoms with van der Waals surface area (Å²) in [6, 6.07) is 2.17. The Balaban J connectivity index is 2.76. The molecule has 0 aliphatic carbocycles. The van der Waals surface area contributed by atoms with Gasteiger partial charge in [-0.15, -0.1) is 0 Å². The quantitative estimate of drug-likeness (QED) is 0.635. The molecule has 3 N–H and O–H groups in total. The number of carbonyl (C=O) groups excluding carboxylic acids is 1. The van der Waals surface area contributed by atoms with Crippen molar-refractivity contribution in [2.75, 3.05) is 20.2 Å². The van der Waals surface area contributed by atoms with E-state index in [1.54, 1.807) is 6.07 Å². The fourth-order valence-corrected chi connectivity index (χ4v) is 2.19. The van der Waals surface area contributed by atoms with E-state index in [4.69, 9.17) is 14.6 Å². The topological polar surface area (TPSA) is 103 Å². The predicted octanol–water partition coefficient (Wildman–Crippen LogP) is 1.49. The highest BCUT2D eigenvalue weighted by Crippen LogP contribution is 2.21. The monoisotopic (exact) mass is 326 g/mol. The van der Waals surface area contributed by atoms with Gasteiger partial charge in [0.2, 0.25) is 0 Å². The second kappa shape index (κ2) is 8.69. The average molecular weight is 326 g/mol. The van der Waals surface area contributed by atoms with Crippen molar-refractivity contribution < 1.29 is 24.2 Å². The van der Waals surface area contributed by atoms with Gasteiger partial charge in [-0.05, 0) is 38.4 Å². The van der Waals surface area contributed by atoms with Crippen molar-refractivity contribution in [2.24, 2.45) is 5.92 Å². The van der Waals surface area contributed by atoms with E-state index in [-0.39, 0.29) is 24.3 Å². The molecule has 23 heavy (non-hydrogen) atoms. The minimum Gasteiger partial charge on any atom is -0.480 e. The third-order valence-corrected chi connectivity index (χ3v) is 3.69. The van der Waals surface area contributed by atoms with Crippen LogP contribution in [0.1, 0.15) is 49.5 Å². The predicted molar refractivity (Wildman–Crippen MR) is 85.2 cm³/mol. The number of furan rings is 1. The van der Waals surface area contributed by atoms with Crippen LogP contribution in [0.5, 0.6) is 0 Å². The second-order valence-corrected chi connectivity index (χ2v) is 6.08. The van der Waals surface area contributed by atoms with Gasteiger partial charge in [-0.1, -0.05) is 13.8 Å². The lowest BCUT2D eigenvalue weighted by atomic mass is 10.0.